The summed E-state index contributed by atoms with van der Waals surface area (Å²) in [6.07, 6.45) is 3.42. The van der Waals surface area contributed by atoms with Gasteiger partial charge in [0.1, 0.15) is 6.07 Å². The van der Waals surface area contributed by atoms with Crippen molar-refractivity contribution >= 4 is 10.2 Å². The summed E-state index contributed by atoms with van der Waals surface area (Å²) in [4.78, 5) is 3.87. The largest absolute Gasteiger partial charge is 0.447 e. The highest BCUT2D eigenvalue weighted by atomic mass is 32.2. The predicted molar refractivity (Wildman–Crippen MR) is 69.2 cm³/mol. The summed E-state index contributed by atoms with van der Waals surface area (Å²) in [7, 11) is -1.04. The molecule has 0 bridgehead atoms. The third kappa shape index (κ3) is 2.92. The fraction of sp³-hybridized carbons (Fsp3) is 0.636. The van der Waals surface area contributed by atoms with Crippen LogP contribution < -0.4 is 4.74 Å². The monoisotopic (exact) mass is 300 g/mol. The number of imidazole rings is 1. The molecule has 8 nitrogen and oxygen atoms in total. The Hall–Kier alpha value is -1.63. The molecule has 1 unspecified atom stereocenters. The first kappa shape index (κ1) is 14.8. The van der Waals surface area contributed by atoms with Crippen molar-refractivity contribution in [3.8, 4) is 11.9 Å². The molecule has 2 rings (SSSR count). The van der Waals surface area contributed by atoms with Crippen LogP contribution in [0.2, 0.25) is 0 Å². The number of nitriles is 1. The van der Waals surface area contributed by atoms with Gasteiger partial charge in [-0.1, -0.05) is 0 Å². The van der Waals surface area contributed by atoms with Gasteiger partial charge >= 0.3 is 10.2 Å². The molecule has 9 heteroatoms. The Morgan fingerprint density at radius 1 is 1.55 bits per heavy atom. The minimum absolute atomic E-state index is 0.0684. The van der Waals surface area contributed by atoms with Gasteiger partial charge in [0.15, 0.2) is 0 Å². The van der Waals surface area contributed by atoms with Crippen LogP contribution in [0.5, 0.6) is 5.88 Å². The van der Waals surface area contributed by atoms with Gasteiger partial charge in [-0.2, -0.15) is 23.0 Å². The Morgan fingerprint density at radius 3 is 2.85 bits per heavy atom. The van der Waals surface area contributed by atoms with Crippen LogP contribution in [-0.4, -0.2) is 48.7 Å². The SMILES string of the molecule is CN(C)S(=O)(=O)n1cc(OC2CCCCO2)nc1C#N. The molecule has 0 amide bonds. The van der Waals surface area contributed by atoms with Crippen LogP contribution in [0.4, 0.5) is 0 Å². The van der Waals surface area contributed by atoms with Crippen molar-refractivity contribution in [1.29, 1.82) is 5.26 Å². The highest BCUT2D eigenvalue weighted by Gasteiger charge is 2.24. The fourth-order valence-corrected chi connectivity index (χ4v) is 2.64. The minimum atomic E-state index is -3.80. The maximum absolute atomic E-state index is 12.0. The van der Waals surface area contributed by atoms with Gasteiger partial charge in [0.25, 0.3) is 0 Å². The molecule has 0 spiro atoms. The number of ether oxygens (including phenoxy) is 2. The number of hydrogen-bond acceptors (Lipinski definition) is 6. The van der Waals surface area contributed by atoms with Crippen molar-refractivity contribution in [2.24, 2.45) is 0 Å². The van der Waals surface area contributed by atoms with Gasteiger partial charge in [-0.15, -0.1) is 0 Å². The fourth-order valence-electron chi connectivity index (χ4n) is 1.77. The lowest BCUT2D eigenvalue weighted by atomic mass is 10.2. The summed E-state index contributed by atoms with van der Waals surface area (Å²) in [6, 6.07) is 1.74. The number of rotatable bonds is 4. The van der Waals surface area contributed by atoms with Crippen LogP contribution in [0, 0.1) is 11.3 Å². The second-order valence-corrected chi connectivity index (χ2v) is 6.53. The van der Waals surface area contributed by atoms with Gasteiger partial charge in [0.05, 0.1) is 12.8 Å². The van der Waals surface area contributed by atoms with E-state index in [2.05, 4.69) is 4.98 Å². The Morgan fingerprint density at radius 2 is 2.30 bits per heavy atom. The van der Waals surface area contributed by atoms with Gasteiger partial charge < -0.3 is 9.47 Å². The zero-order valence-electron chi connectivity index (χ0n) is 11.3. The van der Waals surface area contributed by atoms with Crippen molar-refractivity contribution in [2.45, 2.75) is 25.6 Å². The first-order valence-electron chi connectivity index (χ1n) is 6.16. The maximum atomic E-state index is 12.0. The molecular formula is C11H16N4O4S. The quantitative estimate of drug-likeness (QED) is 0.794. The molecule has 1 aliphatic rings. The van der Waals surface area contributed by atoms with E-state index >= 15 is 0 Å². The summed E-state index contributed by atoms with van der Waals surface area (Å²) in [6.45, 7) is 0.604. The molecule has 0 radical (unpaired) electrons. The average Bonchev–Trinajstić information content (AvgIpc) is 2.83. The van der Waals surface area contributed by atoms with E-state index in [0.29, 0.717) is 6.61 Å². The van der Waals surface area contributed by atoms with Crippen LogP contribution in [0.3, 0.4) is 0 Å². The Kier molecular flexibility index (Phi) is 4.27. The second kappa shape index (κ2) is 5.78. The van der Waals surface area contributed by atoms with Gasteiger partial charge in [-0.3, -0.25) is 0 Å². The molecule has 1 saturated heterocycles. The van der Waals surface area contributed by atoms with Crippen LogP contribution in [0.1, 0.15) is 25.1 Å². The topological polar surface area (TPSA) is 97.5 Å². The van der Waals surface area contributed by atoms with Crippen LogP contribution in [-0.2, 0) is 14.9 Å². The van der Waals surface area contributed by atoms with Gasteiger partial charge in [-0.05, 0) is 12.8 Å². The molecule has 20 heavy (non-hydrogen) atoms. The van der Waals surface area contributed by atoms with E-state index in [-0.39, 0.29) is 11.7 Å². The molecule has 0 saturated carbocycles. The van der Waals surface area contributed by atoms with Gasteiger partial charge in [0.2, 0.25) is 18.0 Å². The zero-order chi connectivity index (χ0) is 14.8. The molecule has 1 atom stereocenters. The van der Waals surface area contributed by atoms with Crippen molar-refractivity contribution in [3.05, 3.63) is 12.0 Å². The molecule has 0 aliphatic carbocycles. The lowest BCUT2D eigenvalue weighted by molar-refractivity contribution is -0.107. The van der Waals surface area contributed by atoms with E-state index in [1.807, 2.05) is 0 Å². The molecule has 110 valence electrons. The third-order valence-corrected chi connectivity index (χ3v) is 4.55. The predicted octanol–water partition coefficient (Wildman–Crippen LogP) is 0.315. The van der Waals surface area contributed by atoms with E-state index in [1.54, 1.807) is 6.07 Å². The third-order valence-electron chi connectivity index (χ3n) is 2.85. The Labute approximate surface area is 117 Å². The van der Waals surface area contributed by atoms with Crippen LogP contribution in [0.25, 0.3) is 0 Å². The maximum Gasteiger partial charge on any atom is 0.309 e. The molecule has 0 N–H and O–H groups in total. The number of nitrogens with zero attached hydrogens (tertiary/aromatic N) is 4. The summed E-state index contributed by atoms with van der Waals surface area (Å²) in [5, 5.41) is 8.98. The lowest BCUT2D eigenvalue weighted by Gasteiger charge is -2.21. The smallest absolute Gasteiger partial charge is 0.309 e. The molecule has 1 aromatic heterocycles. The molecule has 1 aromatic rings. The first-order chi connectivity index (χ1) is 9.45. The molecule has 1 aliphatic heterocycles. The minimum Gasteiger partial charge on any atom is -0.447 e. The average molecular weight is 300 g/mol. The standard InChI is InChI=1S/C11H16N4O4S/c1-14(2)20(16,17)15-8-10(13-9(15)7-12)19-11-5-3-4-6-18-11/h8,11H,3-6H2,1-2H3. The number of aromatic nitrogens is 2. The molecule has 0 aromatic carbocycles. The summed E-state index contributed by atoms with van der Waals surface area (Å²) in [5.41, 5.74) is 0. The van der Waals surface area contributed by atoms with E-state index in [0.717, 1.165) is 27.5 Å². The van der Waals surface area contributed by atoms with Crippen molar-refractivity contribution < 1.29 is 17.9 Å². The first-order valence-corrected chi connectivity index (χ1v) is 7.55. The van der Waals surface area contributed by atoms with Crippen molar-refractivity contribution in [2.75, 3.05) is 20.7 Å². The van der Waals surface area contributed by atoms with E-state index in [9.17, 15) is 8.42 Å². The van der Waals surface area contributed by atoms with Crippen LogP contribution in [0.15, 0.2) is 6.20 Å². The van der Waals surface area contributed by atoms with Crippen LogP contribution >= 0.6 is 0 Å². The molecule has 2 heterocycles. The summed E-state index contributed by atoms with van der Waals surface area (Å²) in [5.74, 6) is -0.177. The van der Waals surface area contributed by atoms with E-state index in [1.165, 1.54) is 20.3 Å². The number of hydrogen-bond donors (Lipinski definition) is 0. The van der Waals surface area contributed by atoms with Gasteiger partial charge in [0, 0.05) is 20.5 Å². The van der Waals surface area contributed by atoms with Gasteiger partial charge in [-0.25, -0.2) is 3.97 Å². The second-order valence-electron chi connectivity index (χ2n) is 4.51. The van der Waals surface area contributed by atoms with E-state index < -0.39 is 16.5 Å². The Bertz CT molecular complexity index is 611. The lowest BCUT2D eigenvalue weighted by Crippen LogP contribution is -2.29. The zero-order valence-corrected chi connectivity index (χ0v) is 12.1. The molecule has 1 fully saturated rings. The Balaban J connectivity index is 2.25. The van der Waals surface area contributed by atoms with E-state index in [4.69, 9.17) is 14.7 Å². The normalized spacial score (nSPS) is 19.8. The highest BCUT2D eigenvalue weighted by molar-refractivity contribution is 7.87. The van der Waals surface area contributed by atoms with Crippen molar-refractivity contribution in [1.82, 2.24) is 13.3 Å². The highest BCUT2D eigenvalue weighted by Crippen LogP contribution is 2.20. The summed E-state index contributed by atoms with van der Waals surface area (Å²) >= 11 is 0. The summed E-state index contributed by atoms with van der Waals surface area (Å²) < 4.78 is 36.7. The van der Waals surface area contributed by atoms with Crippen molar-refractivity contribution in [3.63, 3.8) is 0 Å². The molecular weight excluding hydrogens is 284 g/mol.